The average molecular weight is 432 g/mol. The third-order valence-electron chi connectivity index (χ3n) is 5.47. The highest BCUT2D eigenvalue weighted by Gasteiger charge is 2.22. The minimum Gasteiger partial charge on any atom is -0.361 e. The second kappa shape index (κ2) is 9.18. The normalized spacial score (nSPS) is 11.0. The monoisotopic (exact) mass is 432 g/mol. The van der Waals surface area contributed by atoms with E-state index in [4.69, 9.17) is 4.52 Å². The molecule has 32 heavy (non-hydrogen) atoms. The Morgan fingerprint density at radius 1 is 1.09 bits per heavy atom. The molecule has 0 saturated heterocycles. The summed E-state index contributed by atoms with van der Waals surface area (Å²) in [5, 5.41) is 8.63. The summed E-state index contributed by atoms with van der Waals surface area (Å²) in [5.74, 6) is 0.394. The third-order valence-corrected chi connectivity index (χ3v) is 5.47. The van der Waals surface area contributed by atoms with Gasteiger partial charge in [0.25, 0.3) is 5.91 Å². The summed E-state index contributed by atoms with van der Waals surface area (Å²) in [7, 11) is 1.78. The fourth-order valence-corrected chi connectivity index (χ4v) is 3.74. The zero-order valence-electron chi connectivity index (χ0n) is 18.4. The summed E-state index contributed by atoms with van der Waals surface area (Å²) < 4.78 is 20.4. The second-order valence-electron chi connectivity index (χ2n) is 7.81. The van der Waals surface area contributed by atoms with Gasteiger partial charge < -0.3 is 9.42 Å². The number of benzene rings is 2. The van der Waals surface area contributed by atoms with E-state index in [2.05, 4.69) is 10.3 Å². The van der Waals surface area contributed by atoms with E-state index in [1.54, 1.807) is 28.8 Å². The van der Waals surface area contributed by atoms with Crippen molar-refractivity contribution in [3.05, 3.63) is 89.2 Å². The average Bonchev–Trinajstić information content (AvgIpc) is 3.38. The summed E-state index contributed by atoms with van der Waals surface area (Å²) in [6.07, 6.45) is 1.43. The number of carbonyl (C=O) groups is 1. The van der Waals surface area contributed by atoms with Gasteiger partial charge >= 0.3 is 0 Å². The second-order valence-corrected chi connectivity index (χ2v) is 7.81. The largest absolute Gasteiger partial charge is 0.361 e. The van der Waals surface area contributed by atoms with Crippen LogP contribution in [0.15, 0.2) is 65.2 Å². The van der Waals surface area contributed by atoms with Gasteiger partial charge in [-0.2, -0.15) is 5.10 Å². The summed E-state index contributed by atoms with van der Waals surface area (Å²) >= 11 is 0. The van der Waals surface area contributed by atoms with E-state index in [0.717, 1.165) is 29.1 Å². The Hall–Kier alpha value is -3.74. The van der Waals surface area contributed by atoms with Crippen molar-refractivity contribution in [3.63, 3.8) is 0 Å². The molecule has 7 heteroatoms. The summed E-state index contributed by atoms with van der Waals surface area (Å²) in [4.78, 5) is 14.8. The molecule has 0 fully saturated rings. The Morgan fingerprint density at radius 3 is 2.53 bits per heavy atom. The SMILES string of the molecule is Cc1nn(-c2ccc(F)cc2)c(C)c1C(=O)N(C)CCCc1cc(-c2ccccc2)no1. The Kier molecular flexibility index (Phi) is 6.16. The van der Waals surface area contributed by atoms with Gasteiger partial charge in [-0.15, -0.1) is 0 Å². The van der Waals surface area contributed by atoms with Gasteiger partial charge in [0.1, 0.15) is 17.3 Å². The van der Waals surface area contributed by atoms with Crippen LogP contribution in [0.3, 0.4) is 0 Å². The Morgan fingerprint density at radius 2 is 1.81 bits per heavy atom. The van der Waals surface area contributed by atoms with Gasteiger partial charge in [-0.25, -0.2) is 9.07 Å². The van der Waals surface area contributed by atoms with Gasteiger partial charge in [0, 0.05) is 31.6 Å². The molecule has 0 unspecified atom stereocenters. The van der Waals surface area contributed by atoms with Crippen molar-refractivity contribution < 1.29 is 13.7 Å². The molecular weight excluding hydrogens is 407 g/mol. The summed E-state index contributed by atoms with van der Waals surface area (Å²) in [6.45, 7) is 4.23. The molecule has 0 aliphatic carbocycles. The summed E-state index contributed by atoms with van der Waals surface area (Å²) in [5.41, 5.74) is 4.49. The van der Waals surface area contributed by atoms with Crippen molar-refractivity contribution in [2.24, 2.45) is 0 Å². The molecule has 164 valence electrons. The molecule has 6 nitrogen and oxygen atoms in total. The van der Waals surface area contributed by atoms with Gasteiger partial charge in [-0.05, 0) is 44.5 Å². The standard InChI is InChI=1S/C25H25FN4O2/c1-17-24(18(2)30(27-17)21-13-11-20(26)12-14-21)25(31)29(3)15-7-10-22-16-23(28-32-22)19-8-5-4-6-9-19/h4-6,8-9,11-14,16H,7,10,15H2,1-3H3. The van der Waals surface area contributed by atoms with Gasteiger partial charge in [0.05, 0.1) is 22.6 Å². The molecule has 1 amide bonds. The number of aromatic nitrogens is 3. The lowest BCUT2D eigenvalue weighted by Crippen LogP contribution is -2.29. The first-order chi connectivity index (χ1) is 15.4. The van der Waals surface area contributed by atoms with Crippen molar-refractivity contribution in [1.82, 2.24) is 19.8 Å². The van der Waals surface area contributed by atoms with Crippen LogP contribution >= 0.6 is 0 Å². The number of aryl methyl sites for hydroxylation is 2. The van der Waals surface area contributed by atoms with E-state index in [0.29, 0.717) is 29.9 Å². The van der Waals surface area contributed by atoms with Gasteiger partial charge in [-0.1, -0.05) is 35.5 Å². The molecule has 0 aliphatic rings. The number of amides is 1. The fraction of sp³-hybridized carbons (Fsp3) is 0.240. The minimum absolute atomic E-state index is 0.0871. The zero-order chi connectivity index (χ0) is 22.7. The number of hydrogen-bond donors (Lipinski definition) is 0. The van der Waals surface area contributed by atoms with Crippen LogP contribution in [0.2, 0.25) is 0 Å². The lowest BCUT2D eigenvalue weighted by atomic mass is 10.1. The van der Waals surface area contributed by atoms with Crippen molar-refractivity contribution in [2.45, 2.75) is 26.7 Å². The van der Waals surface area contributed by atoms with E-state index in [1.807, 2.05) is 50.2 Å². The number of carbonyl (C=O) groups excluding carboxylic acids is 1. The number of nitrogens with zero attached hydrogens (tertiary/aromatic N) is 4. The van der Waals surface area contributed by atoms with E-state index < -0.39 is 0 Å². The maximum atomic E-state index is 13.2. The van der Waals surface area contributed by atoms with Crippen LogP contribution in [-0.2, 0) is 6.42 Å². The molecule has 0 N–H and O–H groups in total. The molecule has 2 aromatic heterocycles. The van der Waals surface area contributed by atoms with Gasteiger partial charge in [0.2, 0.25) is 0 Å². The van der Waals surface area contributed by atoms with Crippen LogP contribution in [0.5, 0.6) is 0 Å². The van der Waals surface area contributed by atoms with E-state index in [-0.39, 0.29) is 11.7 Å². The van der Waals surface area contributed by atoms with E-state index >= 15 is 0 Å². The molecule has 4 rings (SSSR count). The minimum atomic E-state index is -0.311. The fourth-order valence-electron chi connectivity index (χ4n) is 3.74. The highest BCUT2D eigenvalue weighted by molar-refractivity contribution is 5.96. The maximum Gasteiger partial charge on any atom is 0.257 e. The number of hydrogen-bond acceptors (Lipinski definition) is 4. The molecule has 0 bridgehead atoms. The van der Waals surface area contributed by atoms with Crippen LogP contribution in [0, 0.1) is 19.7 Å². The molecule has 2 heterocycles. The van der Waals surface area contributed by atoms with Gasteiger partial charge in [-0.3, -0.25) is 4.79 Å². The third kappa shape index (κ3) is 4.46. The van der Waals surface area contributed by atoms with Crippen LogP contribution in [0.1, 0.15) is 33.9 Å². The molecule has 2 aromatic carbocycles. The smallest absolute Gasteiger partial charge is 0.257 e. The zero-order valence-corrected chi connectivity index (χ0v) is 18.4. The molecule has 0 atom stereocenters. The maximum absolute atomic E-state index is 13.2. The van der Waals surface area contributed by atoms with E-state index in [9.17, 15) is 9.18 Å². The molecule has 0 radical (unpaired) electrons. The highest BCUT2D eigenvalue weighted by atomic mass is 19.1. The lowest BCUT2D eigenvalue weighted by Gasteiger charge is -2.17. The van der Waals surface area contributed by atoms with Crippen LogP contribution in [-0.4, -0.2) is 39.3 Å². The summed E-state index contributed by atoms with van der Waals surface area (Å²) in [6, 6.07) is 17.9. The quantitative estimate of drug-likeness (QED) is 0.413. The molecular formula is C25H25FN4O2. The van der Waals surface area contributed by atoms with Crippen LogP contribution in [0.25, 0.3) is 16.9 Å². The predicted octanol–water partition coefficient (Wildman–Crippen LogP) is 4.99. The molecule has 4 aromatic rings. The number of halogens is 1. The molecule has 0 spiro atoms. The number of rotatable bonds is 7. The van der Waals surface area contributed by atoms with Crippen LogP contribution in [0.4, 0.5) is 4.39 Å². The first-order valence-electron chi connectivity index (χ1n) is 10.5. The van der Waals surface area contributed by atoms with E-state index in [1.165, 1.54) is 12.1 Å². The molecule has 0 aliphatic heterocycles. The molecule has 0 saturated carbocycles. The topological polar surface area (TPSA) is 64.2 Å². The first kappa shape index (κ1) is 21.5. The predicted molar refractivity (Wildman–Crippen MR) is 120 cm³/mol. The van der Waals surface area contributed by atoms with Crippen molar-refractivity contribution in [2.75, 3.05) is 13.6 Å². The van der Waals surface area contributed by atoms with Crippen molar-refractivity contribution in [1.29, 1.82) is 0 Å². The lowest BCUT2D eigenvalue weighted by molar-refractivity contribution is 0.0791. The van der Waals surface area contributed by atoms with Crippen molar-refractivity contribution in [3.8, 4) is 16.9 Å². The highest BCUT2D eigenvalue weighted by Crippen LogP contribution is 2.21. The van der Waals surface area contributed by atoms with Gasteiger partial charge in [0.15, 0.2) is 0 Å². The first-order valence-corrected chi connectivity index (χ1v) is 10.5. The Balaban J connectivity index is 1.39. The Labute approximate surface area is 186 Å². The van der Waals surface area contributed by atoms with Crippen molar-refractivity contribution >= 4 is 5.91 Å². The van der Waals surface area contributed by atoms with Crippen LogP contribution < -0.4 is 0 Å². The Bertz CT molecular complexity index is 1210.